The first kappa shape index (κ1) is 11.2. The SMILES string of the molecule is CC1CCOC1C(O)c1ccc(C(=O)O)o1. The number of aromatic carboxylic acids is 1. The molecule has 88 valence electrons. The number of hydrogen-bond acceptors (Lipinski definition) is 4. The molecule has 0 aliphatic carbocycles. The van der Waals surface area contributed by atoms with Crippen LogP contribution in [0.15, 0.2) is 16.5 Å². The monoisotopic (exact) mass is 226 g/mol. The van der Waals surface area contributed by atoms with E-state index in [2.05, 4.69) is 0 Å². The van der Waals surface area contributed by atoms with Crippen LogP contribution < -0.4 is 0 Å². The van der Waals surface area contributed by atoms with Gasteiger partial charge in [-0.1, -0.05) is 6.92 Å². The van der Waals surface area contributed by atoms with Crippen LogP contribution in [0.1, 0.15) is 35.8 Å². The summed E-state index contributed by atoms with van der Waals surface area (Å²) in [7, 11) is 0. The Balaban J connectivity index is 2.13. The van der Waals surface area contributed by atoms with Gasteiger partial charge in [-0.2, -0.15) is 0 Å². The largest absolute Gasteiger partial charge is 0.475 e. The van der Waals surface area contributed by atoms with Crippen molar-refractivity contribution >= 4 is 5.97 Å². The molecule has 0 amide bonds. The summed E-state index contributed by atoms with van der Waals surface area (Å²) in [6, 6.07) is 2.81. The molecule has 1 aromatic rings. The van der Waals surface area contributed by atoms with Crippen LogP contribution in [0.25, 0.3) is 0 Å². The molecule has 0 radical (unpaired) electrons. The molecule has 5 heteroatoms. The van der Waals surface area contributed by atoms with Crippen LogP contribution in [0.2, 0.25) is 0 Å². The molecular weight excluding hydrogens is 212 g/mol. The van der Waals surface area contributed by atoms with E-state index in [-0.39, 0.29) is 23.5 Å². The number of aliphatic hydroxyl groups is 1. The van der Waals surface area contributed by atoms with Crippen molar-refractivity contribution in [3.8, 4) is 0 Å². The van der Waals surface area contributed by atoms with Crippen molar-refractivity contribution in [3.63, 3.8) is 0 Å². The van der Waals surface area contributed by atoms with Crippen LogP contribution >= 0.6 is 0 Å². The predicted molar refractivity (Wildman–Crippen MR) is 54.1 cm³/mol. The molecule has 5 nitrogen and oxygen atoms in total. The summed E-state index contributed by atoms with van der Waals surface area (Å²) < 4.78 is 10.4. The third-order valence-corrected chi connectivity index (χ3v) is 2.88. The highest BCUT2D eigenvalue weighted by Crippen LogP contribution is 2.31. The van der Waals surface area contributed by atoms with Gasteiger partial charge in [0.05, 0.1) is 6.10 Å². The molecule has 0 aromatic carbocycles. The molecule has 1 saturated heterocycles. The number of carbonyl (C=O) groups is 1. The Hall–Kier alpha value is -1.33. The van der Waals surface area contributed by atoms with Crippen LogP contribution in [0, 0.1) is 5.92 Å². The van der Waals surface area contributed by atoms with E-state index in [1.54, 1.807) is 0 Å². The zero-order chi connectivity index (χ0) is 11.7. The fourth-order valence-corrected chi connectivity index (χ4v) is 1.91. The van der Waals surface area contributed by atoms with Crippen LogP contribution in [-0.2, 0) is 4.74 Å². The van der Waals surface area contributed by atoms with Gasteiger partial charge in [-0.3, -0.25) is 0 Å². The Morgan fingerprint density at radius 2 is 2.31 bits per heavy atom. The normalized spacial score (nSPS) is 26.9. The van der Waals surface area contributed by atoms with Crippen LogP contribution in [-0.4, -0.2) is 28.9 Å². The molecule has 16 heavy (non-hydrogen) atoms. The lowest BCUT2D eigenvalue weighted by Gasteiger charge is -2.19. The second-order valence-corrected chi connectivity index (χ2v) is 4.05. The van der Waals surface area contributed by atoms with E-state index in [1.807, 2.05) is 6.92 Å². The van der Waals surface area contributed by atoms with Crippen LogP contribution in [0.5, 0.6) is 0 Å². The molecule has 0 saturated carbocycles. The van der Waals surface area contributed by atoms with Crippen LogP contribution in [0.3, 0.4) is 0 Å². The lowest BCUT2D eigenvalue weighted by molar-refractivity contribution is -0.0281. The van der Waals surface area contributed by atoms with Crippen molar-refractivity contribution < 1.29 is 24.2 Å². The van der Waals surface area contributed by atoms with E-state index in [1.165, 1.54) is 12.1 Å². The summed E-state index contributed by atoms with van der Waals surface area (Å²) in [5, 5.41) is 18.7. The maximum atomic E-state index is 10.6. The van der Waals surface area contributed by atoms with Gasteiger partial charge in [0.1, 0.15) is 11.9 Å². The fourth-order valence-electron chi connectivity index (χ4n) is 1.91. The zero-order valence-corrected chi connectivity index (χ0v) is 8.92. The highest BCUT2D eigenvalue weighted by atomic mass is 16.5. The Labute approximate surface area is 92.6 Å². The second-order valence-electron chi connectivity index (χ2n) is 4.05. The standard InChI is InChI=1S/C11H14O5/c1-6-4-5-15-10(6)9(12)7-2-3-8(16-7)11(13)14/h2-3,6,9-10,12H,4-5H2,1H3,(H,13,14). The second kappa shape index (κ2) is 4.27. The minimum atomic E-state index is -1.14. The van der Waals surface area contributed by atoms with Gasteiger partial charge in [0.2, 0.25) is 5.76 Å². The Morgan fingerprint density at radius 3 is 2.81 bits per heavy atom. The average molecular weight is 226 g/mol. The quantitative estimate of drug-likeness (QED) is 0.815. The van der Waals surface area contributed by atoms with E-state index in [0.29, 0.717) is 6.61 Å². The third-order valence-electron chi connectivity index (χ3n) is 2.88. The van der Waals surface area contributed by atoms with Crippen LogP contribution in [0.4, 0.5) is 0 Å². The fraction of sp³-hybridized carbons (Fsp3) is 0.545. The van der Waals surface area contributed by atoms with Gasteiger partial charge < -0.3 is 19.4 Å². The maximum Gasteiger partial charge on any atom is 0.371 e. The Morgan fingerprint density at radius 1 is 1.56 bits per heavy atom. The number of carboxylic acid groups (broad SMARTS) is 1. The van der Waals surface area contributed by atoms with E-state index >= 15 is 0 Å². The summed E-state index contributed by atoms with van der Waals surface area (Å²) in [6.07, 6.45) is -0.313. The number of hydrogen-bond donors (Lipinski definition) is 2. The average Bonchev–Trinajstić information content (AvgIpc) is 2.84. The molecule has 2 heterocycles. The summed E-state index contributed by atoms with van der Waals surface area (Å²) in [5.74, 6) is -0.817. The zero-order valence-electron chi connectivity index (χ0n) is 8.92. The van der Waals surface area contributed by atoms with Gasteiger partial charge in [0, 0.05) is 6.61 Å². The first-order valence-corrected chi connectivity index (χ1v) is 5.22. The highest BCUT2D eigenvalue weighted by Gasteiger charge is 2.33. The number of ether oxygens (including phenoxy) is 1. The molecule has 1 aromatic heterocycles. The van der Waals surface area contributed by atoms with Crippen molar-refractivity contribution in [2.45, 2.75) is 25.6 Å². The van der Waals surface area contributed by atoms with Crippen molar-refractivity contribution in [3.05, 3.63) is 23.7 Å². The molecule has 3 atom stereocenters. The summed E-state index contributed by atoms with van der Waals surface area (Å²) in [5.41, 5.74) is 0. The minimum Gasteiger partial charge on any atom is -0.475 e. The lowest BCUT2D eigenvalue weighted by atomic mass is 9.98. The number of furan rings is 1. The Kier molecular flexibility index (Phi) is 2.98. The number of rotatable bonds is 3. The first-order valence-electron chi connectivity index (χ1n) is 5.22. The molecular formula is C11H14O5. The number of aliphatic hydroxyl groups excluding tert-OH is 1. The summed E-state index contributed by atoms with van der Waals surface area (Å²) in [4.78, 5) is 10.6. The molecule has 2 N–H and O–H groups in total. The predicted octanol–water partition coefficient (Wildman–Crippen LogP) is 1.44. The third kappa shape index (κ3) is 1.96. The number of carboxylic acids is 1. The van der Waals surface area contributed by atoms with Gasteiger partial charge >= 0.3 is 5.97 Å². The summed E-state index contributed by atoms with van der Waals surface area (Å²) >= 11 is 0. The van der Waals surface area contributed by atoms with E-state index < -0.39 is 12.1 Å². The molecule has 3 unspecified atom stereocenters. The van der Waals surface area contributed by atoms with Crippen molar-refractivity contribution in [2.24, 2.45) is 5.92 Å². The first-order chi connectivity index (χ1) is 7.59. The molecule has 1 aliphatic heterocycles. The molecule has 0 bridgehead atoms. The van der Waals surface area contributed by atoms with Gasteiger partial charge in [0.15, 0.2) is 0 Å². The van der Waals surface area contributed by atoms with E-state index in [4.69, 9.17) is 14.3 Å². The van der Waals surface area contributed by atoms with Gasteiger partial charge in [-0.05, 0) is 24.5 Å². The van der Waals surface area contributed by atoms with Gasteiger partial charge in [-0.25, -0.2) is 4.79 Å². The topological polar surface area (TPSA) is 79.9 Å². The Bertz CT molecular complexity index is 383. The molecule has 0 spiro atoms. The maximum absolute atomic E-state index is 10.6. The highest BCUT2D eigenvalue weighted by molar-refractivity contribution is 5.84. The van der Waals surface area contributed by atoms with Gasteiger partial charge in [-0.15, -0.1) is 0 Å². The van der Waals surface area contributed by atoms with E-state index in [0.717, 1.165) is 6.42 Å². The van der Waals surface area contributed by atoms with Crippen molar-refractivity contribution in [1.29, 1.82) is 0 Å². The molecule has 2 rings (SSSR count). The van der Waals surface area contributed by atoms with Gasteiger partial charge in [0.25, 0.3) is 0 Å². The molecule has 1 fully saturated rings. The van der Waals surface area contributed by atoms with Crippen molar-refractivity contribution in [1.82, 2.24) is 0 Å². The molecule has 1 aliphatic rings. The van der Waals surface area contributed by atoms with E-state index in [9.17, 15) is 9.90 Å². The lowest BCUT2D eigenvalue weighted by Crippen LogP contribution is -2.22. The summed E-state index contributed by atoms with van der Waals surface area (Å²) in [6.45, 7) is 2.61. The smallest absolute Gasteiger partial charge is 0.371 e. The minimum absolute atomic E-state index is 0.167. The van der Waals surface area contributed by atoms with Crippen molar-refractivity contribution in [2.75, 3.05) is 6.61 Å².